The summed E-state index contributed by atoms with van der Waals surface area (Å²) in [4.78, 5) is 18.5. The van der Waals surface area contributed by atoms with Gasteiger partial charge < -0.3 is 19.4 Å². The van der Waals surface area contributed by atoms with E-state index in [9.17, 15) is 4.79 Å². The van der Waals surface area contributed by atoms with Gasteiger partial charge in [0.25, 0.3) is 5.91 Å². The Morgan fingerprint density at radius 3 is 2.78 bits per heavy atom. The molecule has 1 aromatic heterocycles. The smallest absolute Gasteiger partial charge is 0.254 e. The highest BCUT2D eigenvalue weighted by molar-refractivity contribution is 5.95. The number of benzene rings is 2. The normalized spacial score (nSPS) is 16.7. The lowest BCUT2D eigenvalue weighted by atomic mass is 10.0. The molecule has 0 radical (unpaired) electrons. The van der Waals surface area contributed by atoms with Crippen LogP contribution in [0.1, 0.15) is 28.8 Å². The zero-order valence-corrected chi connectivity index (χ0v) is 15.7. The van der Waals surface area contributed by atoms with Crippen LogP contribution < -0.4 is 9.47 Å². The van der Waals surface area contributed by atoms with E-state index in [1.165, 1.54) is 10.9 Å². The quantitative estimate of drug-likeness (QED) is 0.744. The molecule has 4 rings (SSSR count). The number of methoxy groups -OCH3 is 2. The number of nitrogens with one attached hydrogen (secondary N) is 1. The number of aromatic nitrogens is 1. The molecule has 27 heavy (non-hydrogen) atoms. The largest absolute Gasteiger partial charge is 0.493 e. The number of carbonyl (C=O) groups is 1. The number of H-pyrrole nitrogens is 1. The van der Waals surface area contributed by atoms with Crippen molar-refractivity contribution in [3.63, 3.8) is 0 Å². The number of hydrogen-bond donors (Lipinski definition) is 1. The number of hydrogen-bond acceptors (Lipinski definition) is 3. The Morgan fingerprint density at radius 1 is 1.15 bits per heavy atom. The van der Waals surface area contributed by atoms with Gasteiger partial charge in [-0.25, -0.2) is 0 Å². The summed E-state index contributed by atoms with van der Waals surface area (Å²) < 4.78 is 10.6. The molecule has 5 nitrogen and oxygen atoms in total. The molecule has 1 fully saturated rings. The van der Waals surface area contributed by atoms with Gasteiger partial charge in [-0.05, 0) is 49.1 Å². The predicted octanol–water partition coefficient (Wildman–Crippen LogP) is 4.03. The zero-order valence-electron chi connectivity index (χ0n) is 15.7. The van der Waals surface area contributed by atoms with Gasteiger partial charge in [0.2, 0.25) is 0 Å². The zero-order chi connectivity index (χ0) is 18.8. The fourth-order valence-corrected chi connectivity index (χ4v) is 4.00. The van der Waals surface area contributed by atoms with Gasteiger partial charge in [-0.15, -0.1) is 0 Å². The van der Waals surface area contributed by atoms with E-state index < -0.39 is 0 Å². The first-order chi connectivity index (χ1) is 13.2. The minimum Gasteiger partial charge on any atom is -0.493 e. The van der Waals surface area contributed by atoms with Crippen LogP contribution in [0, 0.1) is 0 Å². The summed E-state index contributed by atoms with van der Waals surface area (Å²) in [5, 5.41) is 1.24. The van der Waals surface area contributed by atoms with Crippen LogP contribution >= 0.6 is 0 Å². The van der Waals surface area contributed by atoms with Gasteiger partial charge in [0, 0.05) is 35.2 Å². The van der Waals surface area contributed by atoms with Crippen molar-refractivity contribution in [1.82, 2.24) is 9.88 Å². The van der Waals surface area contributed by atoms with Gasteiger partial charge in [-0.3, -0.25) is 4.79 Å². The number of nitrogens with zero attached hydrogens (tertiary/aromatic N) is 1. The van der Waals surface area contributed by atoms with Crippen LogP contribution in [0.4, 0.5) is 0 Å². The van der Waals surface area contributed by atoms with Gasteiger partial charge in [0.05, 0.1) is 14.2 Å². The Labute approximate surface area is 158 Å². The molecule has 1 saturated heterocycles. The van der Waals surface area contributed by atoms with Crippen LogP contribution in [0.25, 0.3) is 10.9 Å². The molecule has 3 aromatic rings. The van der Waals surface area contributed by atoms with Crippen LogP contribution in [0.5, 0.6) is 11.5 Å². The second-order valence-electron chi connectivity index (χ2n) is 6.93. The Morgan fingerprint density at radius 2 is 1.96 bits per heavy atom. The van der Waals surface area contributed by atoms with Crippen molar-refractivity contribution in [2.24, 2.45) is 0 Å². The monoisotopic (exact) mass is 364 g/mol. The first-order valence-electron chi connectivity index (χ1n) is 9.29. The summed E-state index contributed by atoms with van der Waals surface area (Å²) in [6.07, 6.45) is 5.00. The molecule has 5 heteroatoms. The minimum atomic E-state index is 0.0540. The number of likely N-dealkylation sites (tertiary alicyclic amines) is 1. The third-order valence-corrected chi connectivity index (χ3v) is 5.40. The van der Waals surface area contributed by atoms with Crippen molar-refractivity contribution in [3.8, 4) is 11.5 Å². The Bertz CT molecular complexity index is 963. The second-order valence-corrected chi connectivity index (χ2v) is 6.93. The lowest BCUT2D eigenvalue weighted by Gasteiger charge is -2.25. The van der Waals surface area contributed by atoms with E-state index >= 15 is 0 Å². The molecule has 0 spiro atoms. The van der Waals surface area contributed by atoms with Crippen LogP contribution in [-0.4, -0.2) is 42.6 Å². The average molecular weight is 364 g/mol. The van der Waals surface area contributed by atoms with Crippen LogP contribution in [0.2, 0.25) is 0 Å². The molecule has 1 atom stereocenters. The summed E-state index contributed by atoms with van der Waals surface area (Å²) >= 11 is 0. The third kappa shape index (κ3) is 3.25. The van der Waals surface area contributed by atoms with Crippen LogP contribution in [0.15, 0.2) is 48.7 Å². The van der Waals surface area contributed by atoms with Crippen molar-refractivity contribution in [3.05, 3.63) is 59.8 Å². The maximum atomic E-state index is 13.1. The van der Waals surface area contributed by atoms with Crippen molar-refractivity contribution >= 4 is 16.8 Å². The molecule has 2 heterocycles. The van der Waals surface area contributed by atoms with Crippen molar-refractivity contribution in [1.29, 1.82) is 0 Å². The predicted molar refractivity (Wildman–Crippen MR) is 106 cm³/mol. The number of ether oxygens (including phenoxy) is 2. The molecule has 0 saturated carbocycles. The number of amides is 1. The standard InChI is InChI=1S/C22H24N2O3/c1-26-20-10-9-15(13-21(20)27-2)22(25)24-11-5-6-17(24)12-16-14-23-19-8-4-3-7-18(16)19/h3-4,7-10,13-14,17,23H,5-6,11-12H2,1-2H3. The van der Waals surface area contributed by atoms with E-state index in [0.717, 1.165) is 31.3 Å². The highest BCUT2D eigenvalue weighted by Gasteiger charge is 2.30. The summed E-state index contributed by atoms with van der Waals surface area (Å²) in [5.41, 5.74) is 3.05. The van der Waals surface area contributed by atoms with E-state index in [0.29, 0.717) is 17.1 Å². The summed E-state index contributed by atoms with van der Waals surface area (Å²) in [7, 11) is 3.18. The van der Waals surface area contributed by atoms with E-state index in [1.54, 1.807) is 26.4 Å². The molecular weight excluding hydrogens is 340 g/mol. The first-order valence-corrected chi connectivity index (χ1v) is 9.29. The molecule has 1 aliphatic rings. The molecule has 1 N–H and O–H groups in total. The summed E-state index contributed by atoms with van der Waals surface area (Å²) in [6.45, 7) is 0.792. The van der Waals surface area contributed by atoms with E-state index in [-0.39, 0.29) is 11.9 Å². The van der Waals surface area contributed by atoms with E-state index in [4.69, 9.17) is 9.47 Å². The molecular formula is C22H24N2O3. The van der Waals surface area contributed by atoms with Gasteiger partial charge >= 0.3 is 0 Å². The summed E-state index contributed by atoms with van der Waals surface area (Å²) in [6, 6.07) is 13.9. The molecule has 140 valence electrons. The maximum Gasteiger partial charge on any atom is 0.254 e. The van der Waals surface area contributed by atoms with Gasteiger partial charge in [0.1, 0.15) is 0 Å². The fourth-order valence-electron chi connectivity index (χ4n) is 4.00. The molecule has 0 aliphatic carbocycles. The Hall–Kier alpha value is -2.95. The average Bonchev–Trinajstić information content (AvgIpc) is 3.34. The van der Waals surface area contributed by atoms with Crippen molar-refractivity contribution < 1.29 is 14.3 Å². The number of fused-ring (bicyclic) bond motifs is 1. The fraction of sp³-hybridized carbons (Fsp3) is 0.318. The van der Waals surface area contributed by atoms with Crippen molar-refractivity contribution in [2.45, 2.75) is 25.3 Å². The number of aromatic amines is 1. The van der Waals surface area contributed by atoms with Gasteiger partial charge in [0.15, 0.2) is 11.5 Å². The topological polar surface area (TPSA) is 54.6 Å². The lowest BCUT2D eigenvalue weighted by Crippen LogP contribution is -2.36. The highest BCUT2D eigenvalue weighted by Crippen LogP contribution is 2.31. The molecule has 2 aromatic carbocycles. The Balaban J connectivity index is 1.57. The van der Waals surface area contributed by atoms with E-state index in [2.05, 4.69) is 29.4 Å². The minimum absolute atomic E-state index is 0.0540. The molecule has 1 unspecified atom stereocenters. The van der Waals surface area contributed by atoms with Gasteiger partial charge in [-0.1, -0.05) is 18.2 Å². The Kier molecular flexibility index (Phi) is 4.75. The second kappa shape index (κ2) is 7.35. The number of rotatable bonds is 5. The maximum absolute atomic E-state index is 13.1. The van der Waals surface area contributed by atoms with E-state index in [1.807, 2.05) is 17.0 Å². The van der Waals surface area contributed by atoms with Crippen LogP contribution in [0.3, 0.4) is 0 Å². The van der Waals surface area contributed by atoms with Crippen LogP contribution in [-0.2, 0) is 6.42 Å². The van der Waals surface area contributed by atoms with Gasteiger partial charge in [-0.2, -0.15) is 0 Å². The lowest BCUT2D eigenvalue weighted by molar-refractivity contribution is 0.0736. The number of carbonyl (C=O) groups excluding carboxylic acids is 1. The third-order valence-electron chi connectivity index (χ3n) is 5.40. The SMILES string of the molecule is COc1ccc(C(=O)N2CCCC2Cc2c[nH]c3ccccc23)cc1OC. The highest BCUT2D eigenvalue weighted by atomic mass is 16.5. The molecule has 1 amide bonds. The van der Waals surface area contributed by atoms with Crippen molar-refractivity contribution in [2.75, 3.05) is 20.8 Å². The molecule has 0 bridgehead atoms. The number of para-hydroxylation sites is 1. The molecule has 1 aliphatic heterocycles. The summed E-state index contributed by atoms with van der Waals surface area (Å²) in [5.74, 6) is 1.26. The first kappa shape index (κ1) is 17.5.